The Morgan fingerprint density at radius 2 is 0.707 bits per heavy atom. The lowest BCUT2D eigenvalue weighted by Crippen LogP contribution is -2.45. The van der Waals surface area contributed by atoms with Gasteiger partial charge in [-0.1, -0.05) is 300 Å². The Labute approximate surface area is 467 Å². The first-order valence-corrected chi connectivity index (χ1v) is 33.4. The van der Waals surface area contributed by atoms with Crippen LogP contribution in [-0.4, -0.2) is 47.4 Å². The van der Waals surface area contributed by atoms with Crippen molar-refractivity contribution in [3.8, 4) is 0 Å². The summed E-state index contributed by atoms with van der Waals surface area (Å²) in [6.07, 6.45) is 82.7. The number of hydrogen-bond donors (Lipinski definition) is 3. The molecule has 0 aliphatic carbocycles. The monoisotopic (exact) mass is 1050 g/mol. The maximum absolute atomic E-state index is 12.5. The normalized spacial score (nSPS) is 12.9. The zero-order valence-corrected chi connectivity index (χ0v) is 50.3. The zero-order valence-electron chi connectivity index (χ0n) is 50.3. The molecule has 0 heterocycles. The molecule has 440 valence electrons. The topological polar surface area (TPSA) is 95.9 Å². The van der Waals surface area contributed by atoms with Crippen LogP contribution in [-0.2, 0) is 14.3 Å². The number of ether oxygens (including phenoxy) is 1. The number of aliphatic hydroxyl groups excluding tert-OH is 2. The van der Waals surface area contributed by atoms with E-state index in [0.717, 1.165) is 77.0 Å². The Bertz CT molecular complexity index is 1260. The van der Waals surface area contributed by atoms with Crippen molar-refractivity contribution in [3.63, 3.8) is 0 Å². The standard InChI is InChI=1S/C69H129NO5/c1-3-5-7-9-11-13-15-17-19-21-22-23-24-26-30-33-37-41-45-49-53-57-61-67(72)66(65-71)70-68(73)62-58-54-50-46-42-38-34-31-27-25-28-32-36-40-44-48-52-56-60-64-75-69(74)63-59-55-51-47-43-39-35-29-20-18-16-14-12-10-8-6-4-2/h12,14,18,20,32,36,40,44,66-67,71-72H,3-11,13,15-17,19,21-31,33-35,37-39,41-43,45-65H2,1-2H3,(H,70,73)/b14-12-,20-18-,36-32-,44-40-. The van der Waals surface area contributed by atoms with Crippen molar-refractivity contribution >= 4 is 11.9 Å². The van der Waals surface area contributed by atoms with Gasteiger partial charge in [0, 0.05) is 12.8 Å². The molecule has 0 fully saturated rings. The summed E-state index contributed by atoms with van der Waals surface area (Å²) in [5.41, 5.74) is 0. The first kappa shape index (κ1) is 72.8. The Morgan fingerprint density at radius 1 is 0.387 bits per heavy atom. The van der Waals surface area contributed by atoms with Gasteiger partial charge in [-0.2, -0.15) is 0 Å². The average molecular weight is 1050 g/mol. The number of carbonyl (C=O) groups is 2. The number of amides is 1. The van der Waals surface area contributed by atoms with Crippen molar-refractivity contribution in [2.24, 2.45) is 0 Å². The van der Waals surface area contributed by atoms with E-state index in [1.54, 1.807) is 0 Å². The van der Waals surface area contributed by atoms with Crippen LogP contribution in [0, 0.1) is 0 Å². The fourth-order valence-corrected chi connectivity index (χ4v) is 10.3. The van der Waals surface area contributed by atoms with E-state index in [-0.39, 0.29) is 18.5 Å². The Hall–Kier alpha value is -2.18. The summed E-state index contributed by atoms with van der Waals surface area (Å²) in [7, 11) is 0. The molecular weight excluding hydrogens is 923 g/mol. The molecule has 0 bridgehead atoms. The van der Waals surface area contributed by atoms with E-state index in [9.17, 15) is 19.8 Å². The van der Waals surface area contributed by atoms with Gasteiger partial charge >= 0.3 is 5.97 Å². The first-order chi connectivity index (χ1) is 37.0. The van der Waals surface area contributed by atoms with Gasteiger partial charge in [-0.15, -0.1) is 0 Å². The van der Waals surface area contributed by atoms with Gasteiger partial charge < -0.3 is 20.3 Å². The van der Waals surface area contributed by atoms with E-state index >= 15 is 0 Å². The minimum atomic E-state index is -0.674. The average Bonchev–Trinajstić information content (AvgIpc) is 3.41. The summed E-state index contributed by atoms with van der Waals surface area (Å²) >= 11 is 0. The van der Waals surface area contributed by atoms with Gasteiger partial charge in [0.25, 0.3) is 0 Å². The molecular formula is C69H129NO5. The largest absolute Gasteiger partial charge is 0.466 e. The van der Waals surface area contributed by atoms with Crippen molar-refractivity contribution in [1.82, 2.24) is 5.32 Å². The number of carbonyl (C=O) groups excluding carboxylic acids is 2. The van der Waals surface area contributed by atoms with Crippen LogP contribution in [0.2, 0.25) is 0 Å². The van der Waals surface area contributed by atoms with E-state index in [4.69, 9.17) is 4.74 Å². The highest BCUT2D eigenvalue weighted by atomic mass is 16.5. The van der Waals surface area contributed by atoms with E-state index < -0.39 is 12.1 Å². The molecule has 0 aliphatic heterocycles. The molecule has 75 heavy (non-hydrogen) atoms. The number of allylic oxidation sites excluding steroid dienone is 8. The maximum atomic E-state index is 12.5. The van der Waals surface area contributed by atoms with E-state index in [0.29, 0.717) is 25.9 Å². The van der Waals surface area contributed by atoms with Crippen LogP contribution in [0.3, 0.4) is 0 Å². The second-order valence-electron chi connectivity index (χ2n) is 22.8. The number of nitrogens with one attached hydrogen (secondary N) is 1. The summed E-state index contributed by atoms with van der Waals surface area (Å²) < 4.78 is 5.46. The third-order valence-electron chi connectivity index (χ3n) is 15.4. The van der Waals surface area contributed by atoms with Gasteiger partial charge in [0.2, 0.25) is 5.91 Å². The SMILES string of the molecule is CCCCC/C=C\C/C=C\CCCCCCCCCC(=O)OCCCCC/C=C\C=C/CCCCCCCCCCCCC(=O)NC(CO)C(O)CCCCCCCCCCCCCCCCCCCCCCCC. The molecule has 2 atom stereocenters. The summed E-state index contributed by atoms with van der Waals surface area (Å²) in [5.74, 6) is -0.0630. The minimum Gasteiger partial charge on any atom is -0.466 e. The number of aliphatic hydroxyl groups is 2. The van der Waals surface area contributed by atoms with Gasteiger partial charge in [-0.05, 0) is 89.9 Å². The summed E-state index contributed by atoms with van der Waals surface area (Å²) in [6.45, 7) is 4.91. The summed E-state index contributed by atoms with van der Waals surface area (Å²) in [4.78, 5) is 24.6. The molecule has 0 aromatic rings. The molecule has 2 unspecified atom stereocenters. The summed E-state index contributed by atoms with van der Waals surface area (Å²) in [6, 6.07) is -0.552. The lowest BCUT2D eigenvalue weighted by atomic mass is 10.0. The molecule has 0 saturated carbocycles. The lowest BCUT2D eigenvalue weighted by Gasteiger charge is -2.22. The van der Waals surface area contributed by atoms with Crippen molar-refractivity contribution < 1.29 is 24.5 Å². The van der Waals surface area contributed by atoms with Crippen molar-refractivity contribution in [2.75, 3.05) is 13.2 Å². The van der Waals surface area contributed by atoms with Crippen LogP contribution in [0.5, 0.6) is 0 Å². The predicted octanol–water partition coefficient (Wildman–Crippen LogP) is 21.3. The second-order valence-corrected chi connectivity index (χ2v) is 22.8. The molecule has 0 aliphatic rings. The highest BCUT2D eigenvalue weighted by Crippen LogP contribution is 2.18. The fourth-order valence-electron chi connectivity index (χ4n) is 10.3. The molecule has 0 aromatic carbocycles. The van der Waals surface area contributed by atoms with Crippen LogP contribution >= 0.6 is 0 Å². The molecule has 1 amide bonds. The van der Waals surface area contributed by atoms with Crippen molar-refractivity contribution in [3.05, 3.63) is 48.6 Å². The molecule has 0 saturated heterocycles. The summed E-state index contributed by atoms with van der Waals surface area (Å²) in [5, 5.41) is 23.4. The molecule has 6 nitrogen and oxygen atoms in total. The third-order valence-corrected chi connectivity index (χ3v) is 15.4. The van der Waals surface area contributed by atoms with Gasteiger partial charge in [-0.25, -0.2) is 0 Å². The van der Waals surface area contributed by atoms with Gasteiger partial charge in [0.15, 0.2) is 0 Å². The minimum absolute atomic E-state index is 0.0208. The van der Waals surface area contributed by atoms with Gasteiger partial charge in [0.1, 0.15) is 0 Å². The smallest absolute Gasteiger partial charge is 0.305 e. The highest BCUT2D eigenvalue weighted by Gasteiger charge is 2.20. The van der Waals surface area contributed by atoms with Gasteiger partial charge in [0.05, 0.1) is 25.4 Å². The molecule has 0 radical (unpaired) electrons. The molecule has 6 heteroatoms. The van der Waals surface area contributed by atoms with E-state index in [2.05, 4.69) is 67.8 Å². The lowest BCUT2D eigenvalue weighted by molar-refractivity contribution is -0.143. The highest BCUT2D eigenvalue weighted by molar-refractivity contribution is 5.76. The number of rotatable bonds is 62. The fraction of sp³-hybridized carbons (Fsp3) is 0.855. The molecule has 0 spiro atoms. The second kappa shape index (κ2) is 64.3. The molecule has 0 rings (SSSR count). The van der Waals surface area contributed by atoms with Crippen LogP contribution < -0.4 is 5.32 Å². The number of hydrogen-bond acceptors (Lipinski definition) is 5. The van der Waals surface area contributed by atoms with Crippen molar-refractivity contribution in [2.45, 2.75) is 366 Å². The van der Waals surface area contributed by atoms with Crippen LogP contribution in [0.25, 0.3) is 0 Å². The number of esters is 1. The van der Waals surface area contributed by atoms with E-state index in [1.807, 2.05) is 0 Å². The van der Waals surface area contributed by atoms with Crippen LogP contribution in [0.4, 0.5) is 0 Å². The quantitative estimate of drug-likeness (QED) is 0.0244. The van der Waals surface area contributed by atoms with Crippen LogP contribution in [0.1, 0.15) is 354 Å². The zero-order chi connectivity index (χ0) is 54.3. The predicted molar refractivity (Wildman–Crippen MR) is 329 cm³/mol. The maximum Gasteiger partial charge on any atom is 0.305 e. The van der Waals surface area contributed by atoms with E-state index in [1.165, 1.54) is 244 Å². The van der Waals surface area contributed by atoms with Crippen molar-refractivity contribution in [1.29, 1.82) is 0 Å². The van der Waals surface area contributed by atoms with Crippen LogP contribution in [0.15, 0.2) is 48.6 Å². The Balaban J connectivity index is 3.47. The third kappa shape index (κ3) is 60.9. The van der Waals surface area contributed by atoms with Gasteiger partial charge in [-0.3, -0.25) is 9.59 Å². The Kier molecular flexibility index (Phi) is 62.5. The molecule has 3 N–H and O–H groups in total. The first-order valence-electron chi connectivity index (χ1n) is 33.4. The molecule has 0 aromatic heterocycles. The number of unbranched alkanes of at least 4 members (excludes halogenated alkanes) is 44. The Morgan fingerprint density at radius 3 is 1.12 bits per heavy atom.